The van der Waals surface area contributed by atoms with Crippen molar-refractivity contribution in [1.82, 2.24) is 10.9 Å². The fourth-order valence-corrected chi connectivity index (χ4v) is 2.82. The van der Waals surface area contributed by atoms with Crippen molar-refractivity contribution in [1.29, 1.82) is 0 Å². The zero-order chi connectivity index (χ0) is 21.1. The number of hydrazone groups is 2. The summed E-state index contributed by atoms with van der Waals surface area (Å²) >= 11 is 6.73. The highest BCUT2D eigenvalue weighted by Gasteiger charge is 2.01. The van der Waals surface area contributed by atoms with Crippen molar-refractivity contribution in [3.05, 3.63) is 57.5 Å². The maximum Gasteiger partial charge on any atom is 0.259 e. The Morgan fingerprint density at radius 1 is 0.897 bits per heavy atom. The van der Waals surface area contributed by atoms with E-state index in [4.69, 9.17) is 0 Å². The zero-order valence-corrected chi connectivity index (χ0v) is 18.7. The van der Waals surface area contributed by atoms with Crippen molar-refractivity contribution < 1.29 is 9.59 Å². The lowest BCUT2D eigenvalue weighted by molar-refractivity contribution is -0.120. The van der Waals surface area contributed by atoms with Gasteiger partial charge in [-0.3, -0.25) is 9.59 Å². The lowest BCUT2D eigenvalue weighted by Gasteiger charge is -2.06. The Labute approximate surface area is 185 Å². The van der Waals surface area contributed by atoms with Crippen LogP contribution in [-0.2, 0) is 9.59 Å². The van der Waals surface area contributed by atoms with Gasteiger partial charge in [0.25, 0.3) is 11.8 Å². The summed E-state index contributed by atoms with van der Waals surface area (Å²) in [7, 11) is 0. The molecule has 0 bridgehead atoms. The Bertz CT molecular complexity index is 917. The van der Waals surface area contributed by atoms with E-state index in [0.29, 0.717) is 5.71 Å². The van der Waals surface area contributed by atoms with Gasteiger partial charge in [-0.1, -0.05) is 44.0 Å². The van der Waals surface area contributed by atoms with Gasteiger partial charge in [-0.2, -0.15) is 10.2 Å². The summed E-state index contributed by atoms with van der Waals surface area (Å²) in [4.78, 5) is 23.6. The van der Waals surface area contributed by atoms with Crippen LogP contribution >= 0.6 is 31.9 Å². The lowest BCUT2D eigenvalue weighted by Crippen LogP contribution is -2.27. The topological polar surface area (TPSA) is 107 Å². The number of hydrogen-bond donors (Lipinski definition) is 4. The third-order valence-electron chi connectivity index (χ3n) is 3.35. The quantitative estimate of drug-likeness (QED) is 0.298. The minimum absolute atomic E-state index is 0.0714. The molecule has 8 nitrogen and oxygen atoms in total. The maximum absolute atomic E-state index is 11.8. The Balaban J connectivity index is 1.67. The number of rotatable bonds is 9. The second-order valence-corrected chi connectivity index (χ2v) is 7.64. The average Bonchev–Trinajstić information content (AvgIpc) is 2.69. The molecule has 0 radical (unpaired) electrons. The predicted molar refractivity (Wildman–Crippen MR) is 123 cm³/mol. The Hall–Kier alpha value is -2.72. The van der Waals surface area contributed by atoms with E-state index in [1.807, 2.05) is 48.5 Å². The average molecular weight is 524 g/mol. The number of halogens is 2. The van der Waals surface area contributed by atoms with Crippen LogP contribution in [0.3, 0.4) is 0 Å². The van der Waals surface area contributed by atoms with E-state index in [1.165, 1.54) is 6.21 Å². The van der Waals surface area contributed by atoms with Crippen LogP contribution in [0.1, 0.15) is 6.92 Å². The van der Waals surface area contributed by atoms with E-state index in [2.05, 4.69) is 63.5 Å². The maximum atomic E-state index is 11.8. The van der Waals surface area contributed by atoms with Gasteiger partial charge in [0.05, 0.1) is 25.0 Å². The van der Waals surface area contributed by atoms with Crippen LogP contribution in [0.25, 0.3) is 0 Å². The molecule has 0 aliphatic heterocycles. The van der Waals surface area contributed by atoms with Crippen molar-refractivity contribution in [3.8, 4) is 0 Å². The number of carbonyl (C=O) groups excluding carboxylic acids is 2. The first kappa shape index (κ1) is 22.6. The van der Waals surface area contributed by atoms with Crippen molar-refractivity contribution in [2.75, 3.05) is 23.7 Å². The fraction of sp³-hybridized carbons (Fsp3) is 0.158. The van der Waals surface area contributed by atoms with Gasteiger partial charge < -0.3 is 10.6 Å². The van der Waals surface area contributed by atoms with Gasteiger partial charge in [-0.15, -0.1) is 0 Å². The number of nitrogens with zero attached hydrogens (tertiary/aromatic N) is 2. The molecule has 0 unspecified atom stereocenters. The van der Waals surface area contributed by atoms with Gasteiger partial charge in [0.15, 0.2) is 0 Å². The summed E-state index contributed by atoms with van der Waals surface area (Å²) in [5.74, 6) is -0.615. The van der Waals surface area contributed by atoms with Crippen LogP contribution in [0, 0.1) is 0 Å². The van der Waals surface area contributed by atoms with E-state index in [0.717, 1.165) is 20.3 Å². The summed E-state index contributed by atoms with van der Waals surface area (Å²) in [5, 5.41) is 13.7. The number of amides is 2. The fourth-order valence-electron chi connectivity index (χ4n) is 2.02. The summed E-state index contributed by atoms with van der Waals surface area (Å²) in [6, 6.07) is 15.0. The summed E-state index contributed by atoms with van der Waals surface area (Å²) in [5.41, 5.74) is 6.86. The van der Waals surface area contributed by atoms with E-state index in [9.17, 15) is 9.59 Å². The SMILES string of the molecule is CC(/C=N/NC(=O)CNc1cccc(Br)c1)=N\NC(=O)CNc1cccc(Br)c1. The molecule has 0 aliphatic rings. The number of carbonyl (C=O) groups is 2. The van der Waals surface area contributed by atoms with Crippen LogP contribution in [0.2, 0.25) is 0 Å². The normalized spacial score (nSPS) is 11.2. The monoisotopic (exact) mass is 522 g/mol. The Morgan fingerprint density at radius 2 is 1.41 bits per heavy atom. The first-order valence-electron chi connectivity index (χ1n) is 8.56. The molecular weight excluding hydrogens is 504 g/mol. The van der Waals surface area contributed by atoms with Gasteiger partial charge in [0.2, 0.25) is 0 Å². The van der Waals surface area contributed by atoms with Crippen molar-refractivity contribution >= 4 is 67.0 Å². The molecule has 2 aromatic carbocycles. The molecule has 0 saturated carbocycles. The molecule has 29 heavy (non-hydrogen) atoms. The standard InChI is InChI=1S/C19H20Br2N6O2/c1-13(25-27-19(29)12-23-17-7-3-5-15(21)9-17)10-24-26-18(28)11-22-16-6-2-4-14(20)8-16/h2-10,22-23H,11-12H2,1H3,(H,26,28)(H,27,29)/b24-10+,25-13+. The third-order valence-corrected chi connectivity index (χ3v) is 4.34. The highest BCUT2D eigenvalue weighted by molar-refractivity contribution is 9.10. The molecule has 0 aliphatic carbocycles. The van der Waals surface area contributed by atoms with Gasteiger partial charge >= 0.3 is 0 Å². The first-order chi connectivity index (χ1) is 13.9. The van der Waals surface area contributed by atoms with Crippen LogP contribution in [0.4, 0.5) is 11.4 Å². The number of anilines is 2. The second kappa shape index (κ2) is 12.0. The highest BCUT2D eigenvalue weighted by atomic mass is 79.9. The van der Waals surface area contributed by atoms with Crippen molar-refractivity contribution in [3.63, 3.8) is 0 Å². The lowest BCUT2D eigenvalue weighted by atomic mass is 10.3. The molecule has 10 heteroatoms. The minimum Gasteiger partial charge on any atom is -0.376 e. The van der Waals surface area contributed by atoms with E-state index in [1.54, 1.807) is 6.92 Å². The van der Waals surface area contributed by atoms with Crippen LogP contribution < -0.4 is 21.5 Å². The molecule has 2 amide bonds. The van der Waals surface area contributed by atoms with Gasteiger partial charge in [0.1, 0.15) is 0 Å². The molecule has 4 N–H and O–H groups in total. The molecular formula is C19H20Br2N6O2. The molecule has 0 atom stereocenters. The van der Waals surface area contributed by atoms with Gasteiger partial charge in [-0.25, -0.2) is 10.9 Å². The second-order valence-electron chi connectivity index (χ2n) is 5.81. The molecule has 0 heterocycles. The molecule has 0 fully saturated rings. The summed E-state index contributed by atoms with van der Waals surface area (Å²) in [6.07, 6.45) is 1.35. The number of hydrogen-bond acceptors (Lipinski definition) is 6. The Morgan fingerprint density at radius 3 is 1.93 bits per heavy atom. The summed E-state index contributed by atoms with van der Waals surface area (Å²) in [6.45, 7) is 1.79. The van der Waals surface area contributed by atoms with Crippen LogP contribution in [-0.4, -0.2) is 36.8 Å². The summed E-state index contributed by atoms with van der Waals surface area (Å²) < 4.78 is 1.84. The van der Waals surface area contributed by atoms with Gasteiger partial charge in [0, 0.05) is 20.3 Å². The van der Waals surface area contributed by atoms with Gasteiger partial charge in [-0.05, 0) is 43.3 Å². The minimum atomic E-state index is -0.309. The number of benzene rings is 2. The number of nitrogens with one attached hydrogen (secondary N) is 4. The van der Waals surface area contributed by atoms with E-state index in [-0.39, 0.29) is 24.9 Å². The highest BCUT2D eigenvalue weighted by Crippen LogP contribution is 2.15. The molecule has 2 aromatic rings. The molecule has 0 saturated heterocycles. The van der Waals surface area contributed by atoms with Crippen molar-refractivity contribution in [2.45, 2.75) is 6.92 Å². The van der Waals surface area contributed by atoms with E-state index < -0.39 is 0 Å². The van der Waals surface area contributed by atoms with E-state index >= 15 is 0 Å². The molecule has 0 aromatic heterocycles. The molecule has 0 spiro atoms. The molecule has 152 valence electrons. The first-order valence-corrected chi connectivity index (χ1v) is 10.1. The molecule has 2 rings (SSSR count). The van der Waals surface area contributed by atoms with Crippen LogP contribution in [0.5, 0.6) is 0 Å². The zero-order valence-electron chi connectivity index (χ0n) is 15.6. The smallest absolute Gasteiger partial charge is 0.259 e. The van der Waals surface area contributed by atoms with Crippen LogP contribution in [0.15, 0.2) is 67.7 Å². The largest absolute Gasteiger partial charge is 0.376 e. The Kier molecular flexibility index (Phi) is 9.32. The third kappa shape index (κ3) is 9.35. The predicted octanol–water partition coefficient (Wildman–Crippen LogP) is 3.33. The van der Waals surface area contributed by atoms with Crippen molar-refractivity contribution in [2.24, 2.45) is 10.2 Å².